The van der Waals surface area contributed by atoms with Crippen molar-refractivity contribution < 1.29 is 9.50 Å². The molecule has 2 nitrogen and oxygen atoms in total. The molecule has 0 saturated heterocycles. The fourth-order valence-electron chi connectivity index (χ4n) is 1.13. The molecule has 0 amide bonds. The van der Waals surface area contributed by atoms with E-state index in [9.17, 15) is 9.50 Å². The minimum absolute atomic E-state index is 0. The van der Waals surface area contributed by atoms with Crippen molar-refractivity contribution in [2.45, 2.75) is 13.0 Å². The van der Waals surface area contributed by atoms with Crippen molar-refractivity contribution in [3.8, 4) is 5.75 Å². The van der Waals surface area contributed by atoms with E-state index in [1.54, 1.807) is 19.1 Å². The van der Waals surface area contributed by atoms with E-state index in [2.05, 4.69) is 15.9 Å². The normalized spacial score (nSPS) is 12.0. The number of phenolic OH excluding ortho intramolecular Hbond substituents is 1. The summed E-state index contributed by atoms with van der Waals surface area (Å²) in [6, 6.07) is 2.63. The van der Waals surface area contributed by atoms with Crippen molar-refractivity contribution in [2.75, 3.05) is 6.67 Å². The van der Waals surface area contributed by atoms with Gasteiger partial charge in [-0.25, -0.2) is 4.39 Å². The Morgan fingerprint density at radius 3 is 2.64 bits per heavy atom. The number of hydrogen-bond donors (Lipinski definition) is 2. The highest BCUT2D eigenvalue weighted by molar-refractivity contribution is 9.10. The quantitative estimate of drug-likeness (QED) is 0.877. The number of alkyl halides is 1. The Labute approximate surface area is 96.8 Å². The van der Waals surface area contributed by atoms with Gasteiger partial charge >= 0.3 is 0 Å². The summed E-state index contributed by atoms with van der Waals surface area (Å²) in [5.41, 5.74) is 6.60. The van der Waals surface area contributed by atoms with E-state index in [1.165, 1.54) is 0 Å². The highest BCUT2D eigenvalue weighted by Crippen LogP contribution is 2.30. The minimum atomic E-state index is -0.754. The number of nitrogens with two attached hydrogens (primary N) is 1. The molecule has 0 aromatic heterocycles. The first-order valence-corrected chi connectivity index (χ1v) is 4.66. The van der Waals surface area contributed by atoms with Gasteiger partial charge in [-0.05, 0) is 24.6 Å². The molecule has 0 saturated carbocycles. The van der Waals surface area contributed by atoms with Gasteiger partial charge in [0.1, 0.15) is 12.4 Å². The summed E-state index contributed by atoms with van der Waals surface area (Å²) in [4.78, 5) is 0. The van der Waals surface area contributed by atoms with E-state index in [0.29, 0.717) is 11.1 Å². The number of aromatic hydroxyl groups is 1. The average Bonchev–Trinajstić information content (AvgIpc) is 2.10. The average molecular weight is 285 g/mol. The summed E-state index contributed by atoms with van der Waals surface area (Å²) in [6.07, 6.45) is 0. The van der Waals surface area contributed by atoms with E-state index in [4.69, 9.17) is 5.73 Å². The molecular weight excluding hydrogens is 272 g/mol. The van der Waals surface area contributed by atoms with Crippen molar-refractivity contribution in [1.29, 1.82) is 0 Å². The maximum atomic E-state index is 12.3. The van der Waals surface area contributed by atoms with Crippen LogP contribution in [0.4, 0.5) is 4.39 Å². The third kappa shape index (κ3) is 2.83. The van der Waals surface area contributed by atoms with Crippen LogP contribution in [0.5, 0.6) is 5.75 Å². The number of halogens is 3. The zero-order valence-corrected chi connectivity index (χ0v) is 10.0. The summed E-state index contributed by atoms with van der Waals surface area (Å²) in [6.45, 7) is 1.07. The summed E-state index contributed by atoms with van der Waals surface area (Å²) < 4.78 is 13.1. The van der Waals surface area contributed by atoms with E-state index in [1.807, 2.05) is 0 Å². The van der Waals surface area contributed by atoms with E-state index in [-0.39, 0.29) is 18.2 Å². The lowest BCUT2D eigenvalue weighted by Crippen LogP contribution is -2.12. The first-order valence-electron chi connectivity index (χ1n) is 3.86. The van der Waals surface area contributed by atoms with Crippen molar-refractivity contribution in [3.63, 3.8) is 0 Å². The van der Waals surface area contributed by atoms with Gasteiger partial charge in [0.15, 0.2) is 0 Å². The van der Waals surface area contributed by atoms with Crippen LogP contribution in [-0.4, -0.2) is 11.8 Å². The second kappa shape index (κ2) is 5.53. The zero-order valence-electron chi connectivity index (χ0n) is 7.63. The van der Waals surface area contributed by atoms with Gasteiger partial charge in [-0.2, -0.15) is 0 Å². The van der Waals surface area contributed by atoms with Gasteiger partial charge in [0.05, 0.1) is 6.04 Å². The van der Waals surface area contributed by atoms with Crippen molar-refractivity contribution in [3.05, 3.63) is 27.7 Å². The second-order valence-corrected chi connectivity index (χ2v) is 3.84. The van der Waals surface area contributed by atoms with Crippen LogP contribution in [0.25, 0.3) is 0 Å². The molecule has 0 aliphatic carbocycles. The van der Waals surface area contributed by atoms with Crippen LogP contribution in [0.2, 0.25) is 0 Å². The predicted octanol–water partition coefficient (Wildman–Crippen LogP) is 2.85. The predicted molar refractivity (Wildman–Crippen MR) is 60.7 cm³/mol. The molecule has 0 aliphatic heterocycles. The van der Waals surface area contributed by atoms with E-state index < -0.39 is 12.7 Å². The Kier molecular flexibility index (Phi) is 5.41. The minimum Gasteiger partial charge on any atom is -0.507 e. The Morgan fingerprint density at radius 2 is 2.14 bits per heavy atom. The van der Waals surface area contributed by atoms with Gasteiger partial charge in [-0.3, -0.25) is 0 Å². The fourth-order valence-corrected chi connectivity index (χ4v) is 1.72. The lowest BCUT2D eigenvalue weighted by Gasteiger charge is -2.12. The van der Waals surface area contributed by atoms with Crippen LogP contribution in [0.15, 0.2) is 16.6 Å². The molecule has 1 aromatic carbocycles. The summed E-state index contributed by atoms with van der Waals surface area (Å²) in [7, 11) is 0. The molecule has 3 N–H and O–H groups in total. The molecule has 1 atom stereocenters. The van der Waals surface area contributed by atoms with Crippen LogP contribution in [0.1, 0.15) is 17.2 Å². The van der Waals surface area contributed by atoms with Crippen LogP contribution < -0.4 is 5.73 Å². The zero-order chi connectivity index (χ0) is 10.0. The van der Waals surface area contributed by atoms with Gasteiger partial charge < -0.3 is 10.8 Å². The molecule has 0 bridgehead atoms. The molecule has 0 spiro atoms. The lowest BCUT2D eigenvalue weighted by atomic mass is 10.0. The molecule has 0 aliphatic rings. The molecule has 0 heterocycles. The second-order valence-electron chi connectivity index (χ2n) is 2.92. The standard InChI is InChI=1S/C9H11BrFNO.ClH/c1-5-2-6(10)3-7(9(5)13)8(12)4-11;/h2-3,8,13H,4,12H2,1H3;1H/t8-;/m1./s1. The monoisotopic (exact) mass is 283 g/mol. The number of phenols is 1. The number of hydrogen-bond acceptors (Lipinski definition) is 2. The van der Waals surface area contributed by atoms with E-state index >= 15 is 0 Å². The topological polar surface area (TPSA) is 46.2 Å². The van der Waals surface area contributed by atoms with Gasteiger partial charge in [0.25, 0.3) is 0 Å². The highest BCUT2D eigenvalue weighted by atomic mass is 79.9. The van der Waals surface area contributed by atoms with Crippen LogP contribution >= 0.6 is 28.3 Å². The molecular formula is C9H12BrClFNO. The molecule has 14 heavy (non-hydrogen) atoms. The molecule has 1 rings (SSSR count). The first kappa shape index (κ1) is 13.7. The molecule has 80 valence electrons. The summed E-state index contributed by atoms with van der Waals surface area (Å²) in [5.74, 6) is 0.0772. The van der Waals surface area contributed by atoms with Crippen molar-refractivity contribution >= 4 is 28.3 Å². The Balaban J connectivity index is 0.00000169. The highest BCUT2D eigenvalue weighted by Gasteiger charge is 2.13. The smallest absolute Gasteiger partial charge is 0.123 e. The largest absolute Gasteiger partial charge is 0.507 e. The summed E-state index contributed by atoms with van der Waals surface area (Å²) in [5, 5.41) is 9.56. The number of benzene rings is 1. The molecule has 0 fully saturated rings. The summed E-state index contributed by atoms with van der Waals surface area (Å²) >= 11 is 3.26. The first-order chi connectivity index (χ1) is 6.06. The Bertz CT molecular complexity index is 322. The maximum absolute atomic E-state index is 12.3. The van der Waals surface area contributed by atoms with E-state index in [0.717, 1.165) is 4.47 Å². The molecule has 1 aromatic rings. The van der Waals surface area contributed by atoms with Crippen LogP contribution in [0.3, 0.4) is 0 Å². The Morgan fingerprint density at radius 1 is 1.57 bits per heavy atom. The van der Waals surface area contributed by atoms with Crippen molar-refractivity contribution in [2.24, 2.45) is 5.73 Å². The SMILES string of the molecule is Cc1cc(Br)cc([C@H](N)CF)c1O.Cl. The Hall–Kier alpha value is -0.320. The lowest BCUT2D eigenvalue weighted by molar-refractivity contribution is 0.413. The number of aryl methyl sites for hydroxylation is 1. The van der Waals surface area contributed by atoms with Crippen LogP contribution in [-0.2, 0) is 0 Å². The molecule has 0 unspecified atom stereocenters. The van der Waals surface area contributed by atoms with Gasteiger partial charge in [-0.15, -0.1) is 12.4 Å². The molecule has 5 heteroatoms. The maximum Gasteiger partial charge on any atom is 0.123 e. The van der Waals surface area contributed by atoms with Crippen molar-refractivity contribution in [1.82, 2.24) is 0 Å². The number of rotatable bonds is 2. The third-order valence-corrected chi connectivity index (χ3v) is 2.32. The van der Waals surface area contributed by atoms with Crippen LogP contribution in [0, 0.1) is 6.92 Å². The van der Waals surface area contributed by atoms with Gasteiger partial charge in [0.2, 0.25) is 0 Å². The van der Waals surface area contributed by atoms with Gasteiger partial charge in [0, 0.05) is 10.0 Å². The fraction of sp³-hybridized carbons (Fsp3) is 0.333. The van der Waals surface area contributed by atoms with Gasteiger partial charge in [-0.1, -0.05) is 15.9 Å². The third-order valence-electron chi connectivity index (χ3n) is 1.86. The molecule has 0 radical (unpaired) electrons.